The van der Waals surface area contributed by atoms with Crippen LogP contribution >= 0.6 is 0 Å². The SMILES string of the molecule is CC1CO[C@H](C)O1. The first-order chi connectivity index (χ1) is 3.29. The summed E-state index contributed by atoms with van der Waals surface area (Å²) in [5.41, 5.74) is 0. The molecule has 1 fully saturated rings. The van der Waals surface area contributed by atoms with Gasteiger partial charge in [0.05, 0.1) is 12.7 Å². The van der Waals surface area contributed by atoms with E-state index in [1.807, 2.05) is 13.8 Å². The Morgan fingerprint density at radius 2 is 2.14 bits per heavy atom. The van der Waals surface area contributed by atoms with Crippen molar-refractivity contribution in [2.45, 2.75) is 26.2 Å². The van der Waals surface area contributed by atoms with Crippen molar-refractivity contribution in [1.82, 2.24) is 0 Å². The van der Waals surface area contributed by atoms with E-state index in [0.29, 0.717) is 6.10 Å². The van der Waals surface area contributed by atoms with Crippen LogP contribution in [0.3, 0.4) is 0 Å². The molecule has 1 saturated heterocycles. The first-order valence-corrected chi connectivity index (χ1v) is 2.56. The number of hydrogen-bond donors (Lipinski definition) is 0. The van der Waals surface area contributed by atoms with Crippen LogP contribution in [0.25, 0.3) is 0 Å². The second kappa shape index (κ2) is 1.80. The lowest BCUT2D eigenvalue weighted by Crippen LogP contribution is -2.03. The van der Waals surface area contributed by atoms with Crippen LogP contribution in [0.1, 0.15) is 13.8 Å². The lowest BCUT2D eigenvalue weighted by atomic mass is 10.5. The highest BCUT2D eigenvalue weighted by Gasteiger charge is 2.16. The molecule has 0 amide bonds. The first-order valence-electron chi connectivity index (χ1n) is 2.56. The minimum absolute atomic E-state index is 0.0231. The molecule has 2 nitrogen and oxygen atoms in total. The molecule has 42 valence electrons. The van der Waals surface area contributed by atoms with Gasteiger partial charge in [-0.25, -0.2) is 0 Å². The van der Waals surface area contributed by atoms with Crippen LogP contribution in [0.2, 0.25) is 0 Å². The van der Waals surface area contributed by atoms with E-state index < -0.39 is 0 Å². The molecular formula is C5H10O2. The second-order valence-electron chi connectivity index (χ2n) is 1.85. The van der Waals surface area contributed by atoms with Crippen LogP contribution in [-0.2, 0) is 9.47 Å². The maximum atomic E-state index is 5.14. The summed E-state index contributed by atoms with van der Waals surface area (Å²) in [5, 5.41) is 0. The summed E-state index contributed by atoms with van der Waals surface area (Å²) in [6.45, 7) is 4.66. The van der Waals surface area contributed by atoms with Gasteiger partial charge in [0, 0.05) is 0 Å². The van der Waals surface area contributed by atoms with E-state index in [0.717, 1.165) is 6.61 Å². The van der Waals surface area contributed by atoms with Crippen molar-refractivity contribution in [1.29, 1.82) is 0 Å². The van der Waals surface area contributed by atoms with Gasteiger partial charge in [-0.1, -0.05) is 0 Å². The Hall–Kier alpha value is -0.0800. The third-order valence-electron chi connectivity index (χ3n) is 0.990. The standard InChI is InChI=1S/C5H10O2/c1-4-3-6-5(2)7-4/h4-5H,3H2,1-2H3/t4?,5-/m0/s1. The lowest BCUT2D eigenvalue weighted by Gasteiger charge is -1.98. The minimum Gasteiger partial charge on any atom is -0.350 e. The third kappa shape index (κ3) is 1.14. The minimum atomic E-state index is 0.0231. The van der Waals surface area contributed by atoms with Crippen LogP contribution in [0, 0.1) is 0 Å². The predicted molar refractivity (Wildman–Crippen MR) is 26.0 cm³/mol. The van der Waals surface area contributed by atoms with Crippen LogP contribution in [-0.4, -0.2) is 19.0 Å². The quantitative estimate of drug-likeness (QED) is 0.449. The van der Waals surface area contributed by atoms with Crippen molar-refractivity contribution in [2.75, 3.05) is 6.61 Å². The fourth-order valence-corrected chi connectivity index (χ4v) is 0.677. The van der Waals surface area contributed by atoms with E-state index in [9.17, 15) is 0 Å². The fraction of sp³-hybridized carbons (Fsp3) is 1.00. The van der Waals surface area contributed by atoms with Crippen molar-refractivity contribution >= 4 is 0 Å². The summed E-state index contributed by atoms with van der Waals surface area (Å²) in [5.74, 6) is 0. The van der Waals surface area contributed by atoms with E-state index in [1.54, 1.807) is 0 Å². The van der Waals surface area contributed by atoms with Gasteiger partial charge in [-0.15, -0.1) is 0 Å². The largest absolute Gasteiger partial charge is 0.350 e. The molecule has 0 bridgehead atoms. The maximum Gasteiger partial charge on any atom is 0.155 e. The van der Waals surface area contributed by atoms with Crippen molar-refractivity contribution in [3.8, 4) is 0 Å². The van der Waals surface area contributed by atoms with Crippen LogP contribution < -0.4 is 0 Å². The van der Waals surface area contributed by atoms with Gasteiger partial charge in [-0.3, -0.25) is 0 Å². The molecule has 1 unspecified atom stereocenters. The molecule has 1 aliphatic heterocycles. The second-order valence-corrected chi connectivity index (χ2v) is 1.85. The molecular weight excluding hydrogens is 92.1 g/mol. The van der Waals surface area contributed by atoms with Gasteiger partial charge in [0.25, 0.3) is 0 Å². The van der Waals surface area contributed by atoms with Crippen LogP contribution in [0.5, 0.6) is 0 Å². The van der Waals surface area contributed by atoms with E-state index >= 15 is 0 Å². The molecule has 1 rings (SSSR count). The summed E-state index contributed by atoms with van der Waals surface area (Å²) < 4.78 is 10.2. The van der Waals surface area contributed by atoms with Gasteiger partial charge in [0.2, 0.25) is 0 Å². The Labute approximate surface area is 43.4 Å². The average molecular weight is 102 g/mol. The van der Waals surface area contributed by atoms with Crippen molar-refractivity contribution < 1.29 is 9.47 Å². The number of ether oxygens (including phenoxy) is 2. The van der Waals surface area contributed by atoms with Crippen LogP contribution in [0.15, 0.2) is 0 Å². The van der Waals surface area contributed by atoms with Crippen molar-refractivity contribution in [3.05, 3.63) is 0 Å². The summed E-state index contributed by atoms with van der Waals surface area (Å²) in [7, 11) is 0. The zero-order chi connectivity index (χ0) is 5.28. The average Bonchev–Trinajstić information content (AvgIpc) is 1.87. The summed E-state index contributed by atoms with van der Waals surface area (Å²) in [6.07, 6.45) is 0.324. The van der Waals surface area contributed by atoms with Crippen LogP contribution in [0.4, 0.5) is 0 Å². The predicted octanol–water partition coefficient (Wildman–Crippen LogP) is 0.768. The fourth-order valence-electron chi connectivity index (χ4n) is 0.677. The van der Waals surface area contributed by atoms with Gasteiger partial charge >= 0.3 is 0 Å². The molecule has 0 aromatic heterocycles. The van der Waals surface area contributed by atoms with E-state index in [1.165, 1.54) is 0 Å². The highest BCUT2D eigenvalue weighted by Crippen LogP contribution is 2.08. The molecule has 0 spiro atoms. The van der Waals surface area contributed by atoms with Gasteiger partial charge in [0.1, 0.15) is 0 Å². The van der Waals surface area contributed by atoms with Gasteiger partial charge in [0.15, 0.2) is 6.29 Å². The van der Waals surface area contributed by atoms with Crippen molar-refractivity contribution in [3.63, 3.8) is 0 Å². The first kappa shape index (κ1) is 5.06. The Kier molecular flexibility index (Phi) is 1.30. The summed E-state index contributed by atoms with van der Waals surface area (Å²) >= 11 is 0. The Morgan fingerprint density at radius 1 is 1.43 bits per heavy atom. The highest BCUT2D eigenvalue weighted by molar-refractivity contribution is 4.54. The van der Waals surface area contributed by atoms with E-state index in [-0.39, 0.29) is 6.29 Å². The Bertz CT molecular complexity index is 55.1. The molecule has 0 aromatic carbocycles. The monoisotopic (exact) mass is 102 g/mol. The molecule has 1 aliphatic rings. The highest BCUT2D eigenvalue weighted by atomic mass is 16.7. The molecule has 0 radical (unpaired) electrons. The summed E-state index contributed by atoms with van der Waals surface area (Å²) in [6, 6.07) is 0. The lowest BCUT2D eigenvalue weighted by molar-refractivity contribution is -0.0389. The number of hydrogen-bond acceptors (Lipinski definition) is 2. The molecule has 0 saturated carbocycles. The smallest absolute Gasteiger partial charge is 0.155 e. The molecule has 1 heterocycles. The molecule has 0 aromatic rings. The normalized spacial score (nSPS) is 42.0. The third-order valence-corrected chi connectivity index (χ3v) is 0.990. The molecule has 0 aliphatic carbocycles. The van der Waals surface area contributed by atoms with Gasteiger partial charge in [-0.05, 0) is 13.8 Å². The van der Waals surface area contributed by atoms with Crippen molar-refractivity contribution in [2.24, 2.45) is 0 Å². The zero-order valence-electron chi connectivity index (χ0n) is 4.68. The summed E-state index contributed by atoms with van der Waals surface area (Å²) in [4.78, 5) is 0. The van der Waals surface area contributed by atoms with E-state index in [2.05, 4.69) is 0 Å². The number of rotatable bonds is 0. The Balaban J connectivity index is 2.26. The topological polar surface area (TPSA) is 18.5 Å². The maximum absolute atomic E-state index is 5.14. The molecule has 2 heteroatoms. The Morgan fingerprint density at radius 3 is 2.29 bits per heavy atom. The zero-order valence-corrected chi connectivity index (χ0v) is 4.68. The van der Waals surface area contributed by atoms with Gasteiger partial charge < -0.3 is 9.47 Å². The molecule has 0 N–H and O–H groups in total. The van der Waals surface area contributed by atoms with E-state index in [4.69, 9.17) is 9.47 Å². The molecule has 7 heavy (non-hydrogen) atoms. The molecule has 2 atom stereocenters. The van der Waals surface area contributed by atoms with Gasteiger partial charge in [-0.2, -0.15) is 0 Å².